The van der Waals surface area contributed by atoms with Crippen LogP contribution in [0, 0.1) is 5.92 Å². The van der Waals surface area contributed by atoms with Gasteiger partial charge in [0.05, 0.1) is 0 Å². The van der Waals surface area contributed by atoms with Gasteiger partial charge in [-0.3, -0.25) is 4.99 Å². The third-order valence-electron chi connectivity index (χ3n) is 2.65. The molecule has 0 spiro atoms. The van der Waals surface area contributed by atoms with E-state index in [0.29, 0.717) is 5.92 Å². The second-order valence-electron chi connectivity index (χ2n) is 4.77. The third-order valence-corrected chi connectivity index (χ3v) is 3.57. The monoisotopic (exact) mass is 214 g/mol. The van der Waals surface area contributed by atoms with Gasteiger partial charge in [0.1, 0.15) is 0 Å². The zero-order chi connectivity index (χ0) is 10.6. The number of hydrogen-bond donors (Lipinski definition) is 1. The zero-order valence-corrected chi connectivity index (χ0v) is 10.6. The average Bonchev–Trinajstić information content (AvgIpc) is 2.12. The molecule has 0 aromatic heterocycles. The Labute approximate surface area is 92.0 Å². The van der Waals surface area contributed by atoms with Crippen molar-refractivity contribution in [3.8, 4) is 0 Å². The maximum atomic E-state index is 4.62. The van der Waals surface area contributed by atoms with Crippen LogP contribution in [0.5, 0.6) is 0 Å². The predicted octanol–water partition coefficient (Wildman–Crippen LogP) is 2.89. The number of rotatable bonds is 3. The molecule has 1 aliphatic rings. The van der Waals surface area contributed by atoms with Gasteiger partial charge in [-0.15, -0.1) is 0 Å². The van der Waals surface area contributed by atoms with E-state index in [-0.39, 0.29) is 5.54 Å². The molecular weight excluding hydrogens is 192 g/mol. The van der Waals surface area contributed by atoms with Crippen molar-refractivity contribution in [2.45, 2.75) is 46.1 Å². The molecule has 1 N–H and O–H groups in total. The van der Waals surface area contributed by atoms with Gasteiger partial charge in [0.25, 0.3) is 0 Å². The summed E-state index contributed by atoms with van der Waals surface area (Å²) in [7, 11) is 0. The minimum absolute atomic E-state index is 0.236. The van der Waals surface area contributed by atoms with Gasteiger partial charge in [0.2, 0.25) is 0 Å². The van der Waals surface area contributed by atoms with E-state index in [1.54, 1.807) is 0 Å². The van der Waals surface area contributed by atoms with E-state index in [1.807, 2.05) is 11.8 Å². The second kappa shape index (κ2) is 5.06. The molecule has 0 aromatic rings. The van der Waals surface area contributed by atoms with E-state index in [4.69, 9.17) is 0 Å². The highest BCUT2D eigenvalue weighted by Gasteiger charge is 2.23. The van der Waals surface area contributed by atoms with Gasteiger partial charge in [0.15, 0.2) is 5.17 Å². The van der Waals surface area contributed by atoms with Gasteiger partial charge < -0.3 is 5.32 Å². The van der Waals surface area contributed by atoms with E-state index in [1.165, 1.54) is 18.6 Å². The topological polar surface area (TPSA) is 24.4 Å². The van der Waals surface area contributed by atoms with Crippen molar-refractivity contribution in [1.82, 2.24) is 5.32 Å². The number of aliphatic imine (C=N–C) groups is 1. The largest absolute Gasteiger partial charge is 0.360 e. The molecule has 3 heteroatoms. The Bertz CT molecular complexity index is 211. The molecule has 82 valence electrons. The fraction of sp³-hybridized carbons (Fsp3) is 0.909. The molecular formula is C11H22N2S. The lowest BCUT2D eigenvalue weighted by Crippen LogP contribution is -2.46. The van der Waals surface area contributed by atoms with Gasteiger partial charge in [-0.2, -0.15) is 0 Å². The first kappa shape index (κ1) is 11.9. The molecule has 0 aliphatic carbocycles. The van der Waals surface area contributed by atoms with Crippen LogP contribution in [0.3, 0.4) is 0 Å². The first-order chi connectivity index (χ1) is 6.53. The van der Waals surface area contributed by atoms with Gasteiger partial charge in [-0.25, -0.2) is 0 Å². The predicted molar refractivity (Wildman–Crippen MR) is 66.0 cm³/mol. The molecule has 1 aliphatic heterocycles. The van der Waals surface area contributed by atoms with Crippen molar-refractivity contribution >= 4 is 16.9 Å². The molecule has 1 heterocycles. The molecule has 14 heavy (non-hydrogen) atoms. The summed E-state index contributed by atoms with van der Waals surface area (Å²) in [6.07, 6.45) is 2.44. The average molecular weight is 214 g/mol. The van der Waals surface area contributed by atoms with E-state index < -0.39 is 0 Å². The van der Waals surface area contributed by atoms with Crippen molar-refractivity contribution in [1.29, 1.82) is 0 Å². The smallest absolute Gasteiger partial charge is 0.156 e. The zero-order valence-electron chi connectivity index (χ0n) is 9.76. The Morgan fingerprint density at radius 1 is 1.57 bits per heavy atom. The number of thioether (sulfide) groups is 1. The van der Waals surface area contributed by atoms with Crippen LogP contribution in [-0.2, 0) is 0 Å². The van der Waals surface area contributed by atoms with Gasteiger partial charge in [-0.1, -0.05) is 32.0 Å². The van der Waals surface area contributed by atoms with Crippen LogP contribution in [0.15, 0.2) is 4.99 Å². The van der Waals surface area contributed by atoms with Crippen LogP contribution >= 0.6 is 11.8 Å². The lowest BCUT2D eigenvalue weighted by atomic mass is 10.0. The second-order valence-corrected chi connectivity index (χ2v) is 5.85. The number of hydrogen-bond acceptors (Lipinski definition) is 2. The fourth-order valence-electron chi connectivity index (χ4n) is 1.24. The first-order valence-corrected chi connectivity index (χ1v) is 6.47. The summed E-state index contributed by atoms with van der Waals surface area (Å²) in [4.78, 5) is 4.62. The van der Waals surface area contributed by atoms with E-state index in [2.05, 4.69) is 38.0 Å². The quantitative estimate of drug-likeness (QED) is 0.781. The maximum absolute atomic E-state index is 4.62. The molecule has 0 radical (unpaired) electrons. The number of nitrogens with one attached hydrogen (secondary N) is 1. The van der Waals surface area contributed by atoms with E-state index in [9.17, 15) is 0 Å². The Morgan fingerprint density at radius 2 is 2.29 bits per heavy atom. The van der Waals surface area contributed by atoms with E-state index in [0.717, 1.165) is 11.7 Å². The lowest BCUT2D eigenvalue weighted by molar-refractivity contribution is 0.445. The summed E-state index contributed by atoms with van der Waals surface area (Å²) in [5, 5.41) is 4.63. The van der Waals surface area contributed by atoms with Crippen LogP contribution in [0.2, 0.25) is 0 Å². The van der Waals surface area contributed by atoms with Crippen LogP contribution in [-0.4, -0.2) is 23.0 Å². The highest BCUT2D eigenvalue weighted by molar-refractivity contribution is 8.13. The summed E-state index contributed by atoms with van der Waals surface area (Å²) < 4.78 is 0. The molecule has 1 unspecified atom stereocenters. The van der Waals surface area contributed by atoms with Gasteiger partial charge in [0, 0.05) is 17.8 Å². The van der Waals surface area contributed by atoms with Crippen LogP contribution in [0.1, 0.15) is 40.5 Å². The van der Waals surface area contributed by atoms with E-state index >= 15 is 0 Å². The Hall–Kier alpha value is -0.180. The summed E-state index contributed by atoms with van der Waals surface area (Å²) in [6, 6.07) is 0. The third kappa shape index (κ3) is 3.91. The molecule has 0 bridgehead atoms. The van der Waals surface area contributed by atoms with Gasteiger partial charge in [-0.05, 0) is 26.2 Å². The molecule has 1 atom stereocenters. The highest BCUT2D eigenvalue weighted by atomic mass is 32.2. The Kier molecular flexibility index (Phi) is 4.30. The molecule has 2 nitrogen and oxygen atoms in total. The summed E-state index contributed by atoms with van der Waals surface area (Å²) in [5.41, 5.74) is 0.236. The van der Waals surface area contributed by atoms with Gasteiger partial charge >= 0.3 is 0 Å². The lowest BCUT2D eigenvalue weighted by Gasteiger charge is -2.32. The minimum Gasteiger partial charge on any atom is -0.360 e. The van der Waals surface area contributed by atoms with Crippen molar-refractivity contribution in [3.63, 3.8) is 0 Å². The Balaban J connectivity index is 2.43. The normalized spacial score (nSPS) is 25.9. The number of amidine groups is 1. The Morgan fingerprint density at radius 3 is 2.86 bits per heavy atom. The minimum atomic E-state index is 0.236. The summed E-state index contributed by atoms with van der Waals surface area (Å²) >= 11 is 1.86. The molecule has 0 saturated carbocycles. The van der Waals surface area contributed by atoms with Crippen LogP contribution in [0.25, 0.3) is 0 Å². The standard InChI is InChI=1S/C11H22N2S/c1-5-9(2)8-12-10-13-11(3,4)6-7-14-10/h9H,5-8H2,1-4H3,(H,12,13). The van der Waals surface area contributed by atoms with Crippen LogP contribution in [0.4, 0.5) is 0 Å². The fourth-order valence-corrected chi connectivity index (χ4v) is 2.56. The van der Waals surface area contributed by atoms with Crippen molar-refractivity contribution < 1.29 is 0 Å². The first-order valence-electron chi connectivity index (χ1n) is 5.49. The maximum Gasteiger partial charge on any atom is 0.156 e. The van der Waals surface area contributed by atoms with Crippen molar-refractivity contribution in [3.05, 3.63) is 0 Å². The molecule has 0 amide bonds. The van der Waals surface area contributed by atoms with Crippen molar-refractivity contribution in [2.75, 3.05) is 12.3 Å². The molecule has 1 rings (SSSR count). The van der Waals surface area contributed by atoms with Crippen LogP contribution < -0.4 is 5.32 Å². The molecule has 1 saturated heterocycles. The van der Waals surface area contributed by atoms with Crippen molar-refractivity contribution in [2.24, 2.45) is 10.9 Å². The number of nitrogens with zero attached hydrogens (tertiary/aromatic N) is 1. The molecule has 1 fully saturated rings. The summed E-state index contributed by atoms with van der Waals surface area (Å²) in [6.45, 7) is 9.91. The molecule has 0 aromatic carbocycles. The highest BCUT2D eigenvalue weighted by Crippen LogP contribution is 2.21. The SMILES string of the molecule is CCC(C)CN=C1NC(C)(C)CCS1. The summed E-state index contributed by atoms with van der Waals surface area (Å²) in [5.74, 6) is 1.90.